The van der Waals surface area contributed by atoms with Crippen LogP contribution in [0, 0.1) is 13.8 Å². The van der Waals surface area contributed by atoms with Crippen LogP contribution in [0.25, 0.3) is 16.8 Å². The van der Waals surface area contributed by atoms with Crippen molar-refractivity contribution in [2.45, 2.75) is 71.3 Å². The summed E-state index contributed by atoms with van der Waals surface area (Å²) in [5, 5.41) is 8.87. The van der Waals surface area contributed by atoms with Gasteiger partial charge in [0.2, 0.25) is 0 Å². The average molecular weight is 391 g/mol. The third-order valence-corrected chi connectivity index (χ3v) is 6.61. The molecule has 1 aromatic carbocycles. The molecule has 5 rings (SSSR count). The fourth-order valence-corrected chi connectivity index (χ4v) is 5.08. The third kappa shape index (κ3) is 3.17. The lowest BCUT2D eigenvalue weighted by molar-refractivity contribution is 0.414. The molecule has 0 radical (unpaired) electrons. The van der Waals surface area contributed by atoms with Crippen LogP contribution < -0.4 is 10.1 Å². The van der Waals surface area contributed by atoms with E-state index < -0.39 is 0 Å². The smallest absolute Gasteiger partial charge is 0.165 e. The topological polar surface area (TPSA) is 51.5 Å². The van der Waals surface area contributed by atoms with Gasteiger partial charge in [-0.2, -0.15) is 9.61 Å². The summed E-state index contributed by atoms with van der Waals surface area (Å²) in [4.78, 5) is 5.12. The van der Waals surface area contributed by atoms with Gasteiger partial charge in [-0.05, 0) is 69.2 Å². The summed E-state index contributed by atoms with van der Waals surface area (Å²) in [7, 11) is 1.71. The molecule has 0 saturated heterocycles. The van der Waals surface area contributed by atoms with Crippen LogP contribution in [-0.2, 0) is 12.8 Å². The zero-order valence-electron chi connectivity index (χ0n) is 17.7. The molecule has 0 spiro atoms. The molecule has 1 fully saturated rings. The van der Waals surface area contributed by atoms with Crippen LogP contribution >= 0.6 is 0 Å². The second-order valence-electron chi connectivity index (χ2n) is 8.60. The van der Waals surface area contributed by atoms with Gasteiger partial charge >= 0.3 is 0 Å². The molecule has 2 aliphatic rings. The van der Waals surface area contributed by atoms with Gasteiger partial charge in [0.15, 0.2) is 5.65 Å². The number of aromatic nitrogens is 3. The number of ether oxygens (including phenoxy) is 1. The van der Waals surface area contributed by atoms with E-state index in [2.05, 4.69) is 35.8 Å². The summed E-state index contributed by atoms with van der Waals surface area (Å²) < 4.78 is 7.49. The van der Waals surface area contributed by atoms with Crippen molar-refractivity contribution in [1.82, 2.24) is 14.6 Å². The Morgan fingerprint density at radius 1 is 1.07 bits per heavy atom. The Kier molecular flexibility index (Phi) is 4.69. The molecule has 2 aromatic heterocycles. The normalized spacial score (nSPS) is 16.9. The maximum atomic E-state index is 5.40. The first-order valence-electron chi connectivity index (χ1n) is 11.0. The molecule has 3 aromatic rings. The van der Waals surface area contributed by atoms with Gasteiger partial charge in [0.25, 0.3) is 0 Å². The van der Waals surface area contributed by atoms with E-state index in [1.807, 2.05) is 6.07 Å². The maximum absolute atomic E-state index is 5.40. The lowest BCUT2D eigenvalue weighted by Crippen LogP contribution is -2.25. The zero-order chi connectivity index (χ0) is 20.0. The summed E-state index contributed by atoms with van der Waals surface area (Å²) in [6.45, 7) is 4.23. The van der Waals surface area contributed by atoms with E-state index in [1.54, 1.807) is 7.11 Å². The lowest BCUT2D eigenvalue weighted by Gasteiger charge is -2.25. The van der Waals surface area contributed by atoms with Crippen LogP contribution in [-0.4, -0.2) is 27.7 Å². The highest BCUT2D eigenvalue weighted by Crippen LogP contribution is 2.37. The lowest BCUT2D eigenvalue weighted by atomic mass is 9.95. The molecule has 0 atom stereocenters. The van der Waals surface area contributed by atoms with E-state index in [-0.39, 0.29) is 0 Å². The predicted octanol–water partition coefficient (Wildman–Crippen LogP) is 5.26. The van der Waals surface area contributed by atoms with E-state index in [4.69, 9.17) is 14.8 Å². The first-order chi connectivity index (χ1) is 14.2. The highest BCUT2D eigenvalue weighted by atomic mass is 16.5. The van der Waals surface area contributed by atoms with Crippen LogP contribution in [0.2, 0.25) is 0 Å². The zero-order valence-corrected chi connectivity index (χ0v) is 17.7. The Morgan fingerprint density at radius 2 is 1.90 bits per heavy atom. The molecule has 5 nitrogen and oxygen atoms in total. The van der Waals surface area contributed by atoms with Gasteiger partial charge in [0.1, 0.15) is 11.6 Å². The molecule has 0 aliphatic heterocycles. The van der Waals surface area contributed by atoms with Gasteiger partial charge in [-0.1, -0.05) is 25.3 Å². The minimum Gasteiger partial charge on any atom is -0.497 e. The number of fused-ring (bicyclic) bond motifs is 2. The Hall–Kier alpha value is -2.56. The monoisotopic (exact) mass is 390 g/mol. The van der Waals surface area contributed by atoms with E-state index in [0.717, 1.165) is 35.5 Å². The number of hydrogen-bond donors (Lipinski definition) is 1. The van der Waals surface area contributed by atoms with Gasteiger partial charge in [-0.3, -0.25) is 0 Å². The summed E-state index contributed by atoms with van der Waals surface area (Å²) in [5.74, 6) is 2.07. The van der Waals surface area contributed by atoms with Crippen molar-refractivity contribution in [3.63, 3.8) is 0 Å². The maximum Gasteiger partial charge on any atom is 0.165 e. The van der Waals surface area contributed by atoms with Gasteiger partial charge < -0.3 is 10.1 Å². The molecule has 0 amide bonds. The van der Waals surface area contributed by atoms with Crippen molar-refractivity contribution in [2.24, 2.45) is 0 Å². The highest BCUT2D eigenvalue weighted by Gasteiger charge is 2.26. The second-order valence-corrected chi connectivity index (χ2v) is 8.60. The highest BCUT2D eigenvalue weighted by molar-refractivity contribution is 5.83. The number of rotatable bonds is 4. The molecule has 29 heavy (non-hydrogen) atoms. The van der Waals surface area contributed by atoms with Crippen LogP contribution in [0.5, 0.6) is 5.75 Å². The number of nitrogens with zero attached hydrogens (tertiary/aromatic N) is 3. The van der Waals surface area contributed by atoms with E-state index >= 15 is 0 Å². The predicted molar refractivity (Wildman–Crippen MR) is 117 cm³/mol. The Bertz CT molecular complexity index is 1060. The molecule has 0 unspecified atom stereocenters. The summed E-state index contributed by atoms with van der Waals surface area (Å²) in [6, 6.07) is 6.81. The molecule has 2 aliphatic carbocycles. The first kappa shape index (κ1) is 18.5. The quantitative estimate of drug-likeness (QED) is 0.661. The summed E-state index contributed by atoms with van der Waals surface area (Å²) in [5.41, 5.74) is 8.16. The van der Waals surface area contributed by atoms with Crippen molar-refractivity contribution in [1.29, 1.82) is 0 Å². The number of nitrogens with one attached hydrogen (secondary N) is 1. The standard InChI is InChI=1S/C24H30N4O/c1-15-14-18(29-3)12-13-19(15)22-16(2)27-28-23(25-17-8-5-4-6-9-17)20-10-7-11-21(20)26-24(22)28/h12-14,17,25H,4-11H2,1-3H3. The number of anilines is 1. The molecule has 1 N–H and O–H groups in total. The van der Waals surface area contributed by atoms with Crippen molar-refractivity contribution < 1.29 is 4.74 Å². The number of hydrogen-bond acceptors (Lipinski definition) is 4. The summed E-state index contributed by atoms with van der Waals surface area (Å²) in [6.07, 6.45) is 9.87. The Balaban J connectivity index is 1.67. The molecule has 0 bridgehead atoms. The van der Waals surface area contributed by atoms with Crippen LogP contribution in [0.3, 0.4) is 0 Å². The largest absolute Gasteiger partial charge is 0.497 e. The van der Waals surface area contributed by atoms with Crippen molar-refractivity contribution in [2.75, 3.05) is 12.4 Å². The van der Waals surface area contributed by atoms with Crippen LogP contribution in [0.15, 0.2) is 18.2 Å². The number of benzene rings is 1. The molecule has 152 valence electrons. The van der Waals surface area contributed by atoms with Crippen molar-refractivity contribution in [3.05, 3.63) is 40.7 Å². The van der Waals surface area contributed by atoms with Gasteiger partial charge in [0.05, 0.1) is 12.8 Å². The second kappa shape index (κ2) is 7.36. The third-order valence-electron chi connectivity index (χ3n) is 6.61. The molecular formula is C24H30N4O. The average Bonchev–Trinajstić information content (AvgIpc) is 3.33. The first-order valence-corrected chi connectivity index (χ1v) is 11.0. The van der Waals surface area contributed by atoms with Crippen molar-refractivity contribution >= 4 is 11.5 Å². The van der Waals surface area contributed by atoms with Crippen LogP contribution in [0.1, 0.15) is 61.0 Å². The number of methoxy groups -OCH3 is 1. The van der Waals surface area contributed by atoms with E-state index in [0.29, 0.717) is 6.04 Å². The molecule has 2 heterocycles. The van der Waals surface area contributed by atoms with Crippen molar-refractivity contribution in [3.8, 4) is 16.9 Å². The minimum absolute atomic E-state index is 0.551. The fraction of sp³-hybridized carbons (Fsp3) is 0.500. The van der Waals surface area contributed by atoms with E-state index in [1.165, 1.54) is 66.7 Å². The molecule has 5 heteroatoms. The fourth-order valence-electron chi connectivity index (χ4n) is 5.08. The van der Waals surface area contributed by atoms with E-state index in [9.17, 15) is 0 Å². The van der Waals surface area contributed by atoms with Gasteiger partial charge in [0, 0.05) is 22.9 Å². The summed E-state index contributed by atoms with van der Waals surface area (Å²) >= 11 is 0. The minimum atomic E-state index is 0.551. The SMILES string of the molecule is COc1ccc(-c2c(C)nn3c(NC4CCCCC4)c4c(nc23)CCC4)c(C)c1. The molecule has 1 saturated carbocycles. The number of aryl methyl sites for hydroxylation is 3. The Morgan fingerprint density at radius 3 is 2.66 bits per heavy atom. The Labute approximate surface area is 172 Å². The van der Waals surface area contributed by atoms with Crippen LogP contribution in [0.4, 0.5) is 5.82 Å². The molecular weight excluding hydrogens is 360 g/mol. The van der Waals surface area contributed by atoms with Gasteiger partial charge in [-0.25, -0.2) is 4.98 Å². The van der Waals surface area contributed by atoms with Gasteiger partial charge in [-0.15, -0.1) is 0 Å².